The van der Waals surface area contributed by atoms with Crippen LogP contribution in [0.25, 0.3) is 0 Å². The predicted molar refractivity (Wildman–Crippen MR) is 80.9 cm³/mol. The Labute approximate surface area is 145 Å². The molecule has 4 bridgehead atoms. The van der Waals surface area contributed by atoms with Crippen molar-refractivity contribution in [1.82, 2.24) is 3.53 Å². The van der Waals surface area contributed by atoms with Gasteiger partial charge in [-0.3, -0.25) is 0 Å². The first-order valence-electron chi connectivity index (χ1n) is 7.77. The van der Waals surface area contributed by atoms with E-state index in [9.17, 15) is 4.79 Å². The van der Waals surface area contributed by atoms with Gasteiger partial charge in [0, 0.05) is 0 Å². The monoisotopic (exact) mass is 502 g/mol. The van der Waals surface area contributed by atoms with Gasteiger partial charge < -0.3 is 0 Å². The number of esters is 1. The van der Waals surface area contributed by atoms with Crippen molar-refractivity contribution in [3.8, 4) is 0 Å². The summed E-state index contributed by atoms with van der Waals surface area (Å²) in [6.45, 7) is 4.28. The van der Waals surface area contributed by atoms with E-state index in [1.807, 2.05) is 6.92 Å². The summed E-state index contributed by atoms with van der Waals surface area (Å²) in [4.78, 5) is 12.8. The summed E-state index contributed by atoms with van der Waals surface area (Å²) in [7, 11) is 0. The molecular formula is C15H22I2NO2-. The van der Waals surface area contributed by atoms with E-state index in [1.54, 1.807) is 0 Å². The molecule has 4 saturated carbocycles. The molecule has 7 atom stereocenters. The van der Waals surface area contributed by atoms with Crippen LogP contribution < -0.4 is 25.0 Å². The zero-order chi connectivity index (χ0) is 14.1. The van der Waals surface area contributed by atoms with Crippen LogP contribution in [-0.2, 0) is 9.53 Å². The Morgan fingerprint density at radius 2 is 2.20 bits per heavy atom. The second kappa shape index (κ2) is 4.69. The first-order chi connectivity index (χ1) is 9.47. The van der Waals surface area contributed by atoms with Crippen LogP contribution in [0.4, 0.5) is 0 Å². The number of alkyl halides is 2. The maximum atomic E-state index is 12.8. The maximum absolute atomic E-state index is 12.8. The average molecular weight is 502 g/mol. The molecule has 3 nitrogen and oxygen atoms in total. The molecule has 0 aromatic carbocycles. The van der Waals surface area contributed by atoms with E-state index < -0.39 is 0 Å². The molecule has 114 valence electrons. The van der Waals surface area contributed by atoms with Crippen LogP contribution in [-0.4, -0.2) is 19.0 Å². The quantitative estimate of drug-likeness (QED) is 0.146. The molecule has 20 heavy (non-hydrogen) atoms. The van der Waals surface area contributed by atoms with Gasteiger partial charge in [-0.2, -0.15) is 0 Å². The van der Waals surface area contributed by atoms with Crippen LogP contribution in [0.1, 0.15) is 46.0 Å². The number of halogens is 2. The Hall–Kier alpha value is 0.890. The third-order valence-electron chi connectivity index (χ3n) is 6.24. The Morgan fingerprint density at radius 1 is 1.45 bits per heavy atom. The fourth-order valence-electron chi connectivity index (χ4n) is 5.25. The summed E-state index contributed by atoms with van der Waals surface area (Å²) >= 11 is 2.35. The third-order valence-corrected chi connectivity index (χ3v) is 11.0. The summed E-state index contributed by atoms with van der Waals surface area (Å²) in [6, 6.07) is 0. The minimum absolute atomic E-state index is 0.0386. The van der Waals surface area contributed by atoms with E-state index >= 15 is 0 Å². The van der Waals surface area contributed by atoms with E-state index in [-0.39, 0.29) is 36.5 Å². The van der Waals surface area contributed by atoms with Crippen molar-refractivity contribution >= 4 is 28.6 Å². The van der Waals surface area contributed by atoms with Gasteiger partial charge >= 0.3 is 146 Å². The van der Waals surface area contributed by atoms with Crippen LogP contribution in [0.3, 0.4) is 0 Å². The van der Waals surface area contributed by atoms with Crippen LogP contribution in [0.2, 0.25) is 0 Å². The molecule has 1 aliphatic heterocycles. The Morgan fingerprint density at radius 3 is 2.80 bits per heavy atom. The van der Waals surface area contributed by atoms with Crippen LogP contribution in [0.5, 0.6) is 0 Å². The zero-order valence-electron chi connectivity index (χ0n) is 12.0. The Kier molecular flexibility index (Phi) is 3.40. The minimum atomic E-state index is -0.354. The Bertz CT molecular complexity index is 447. The van der Waals surface area contributed by atoms with Gasteiger partial charge in [-0.1, -0.05) is 0 Å². The normalized spacial score (nSPS) is 51.5. The molecule has 5 rings (SSSR count). The molecule has 0 aromatic rings. The summed E-state index contributed by atoms with van der Waals surface area (Å²) in [5.41, 5.74) is -0.117. The van der Waals surface area contributed by atoms with E-state index in [0.717, 1.165) is 18.3 Å². The molecule has 0 spiro atoms. The van der Waals surface area contributed by atoms with Gasteiger partial charge in [0.1, 0.15) is 0 Å². The molecule has 5 heteroatoms. The molecule has 0 radical (unpaired) electrons. The van der Waals surface area contributed by atoms with Crippen molar-refractivity contribution in [2.24, 2.45) is 23.7 Å². The number of carbonyl (C=O) groups excluding carboxylic acids is 1. The SMILES string of the molecule is CCC1(OC(=O)C(C)(I)C2N[I-]2)C2CC3CC(C2)C1C3. The second-order valence-corrected chi connectivity index (χ2v) is 12.0. The third kappa shape index (κ3) is 1.94. The first-order valence-corrected chi connectivity index (χ1v) is 11.2. The van der Waals surface area contributed by atoms with Crippen LogP contribution in [0.15, 0.2) is 0 Å². The van der Waals surface area contributed by atoms with E-state index in [4.69, 9.17) is 4.74 Å². The van der Waals surface area contributed by atoms with Crippen molar-refractivity contribution in [3.63, 3.8) is 0 Å². The van der Waals surface area contributed by atoms with Crippen LogP contribution in [0, 0.1) is 23.7 Å². The van der Waals surface area contributed by atoms with Gasteiger partial charge in [0.2, 0.25) is 0 Å². The number of hydrogen-bond acceptors (Lipinski definition) is 3. The predicted octanol–water partition coefficient (Wildman–Crippen LogP) is -0.129. The molecular weight excluding hydrogens is 480 g/mol. The average Bonchev–Trinajstić information content (AvgIpc) is 3.20. The molecule has 4 aliphatic carbocycles. The summed E-state index contributed by atoms with van der Waals surface area (Å²) in [6.07, 6.45) is 6.35. The van der Waals surface area contributed by atoms with E-state index in [0.29, 0.717) is 15.9 Å². The molecule has 1 saturated heterocycles. The van der Waals surface area contributed by atoms with Gasteiger partial charge in [0.15, 0.2) is 0 Å². The van der Waals surface area contributed by atoms with Gasteiger partial charge in [0.05, 0.1) is 0 Å². The molecule has 0 amide bonds. The number of hydrogen-bond donors (Lipinski definition) is 1. The number of rotatable bonds is 4. The number of carbonyl (C=O) groups is 1. The summed E-state index contributed by atoms with van der Waals surface area (Å²) in [5.74, 6) is 3.13. The molecule has 1 heterocycles. The Balaban J connectivity index is 1.58. The number of ether oxygens (including phenoxy) is 1. The number of nitrogens with one attached hydrogen (secondary N) is 1. The summed E-state index contributed by atoms with van der Waals surface area (Å²) < 4.78 is 9.75. The summed E-state index contributed by atoms with van der Waals surface area (Å²) in [5, 5.41) is 0. The van der Waals surface area contributed by atoms with Crippen molar-refractivity contribution < 1.29 is 31.0 Å². The fraction of sp³-hybridized carbons (Fsp3) is 0.933. The van der Waals surface area contributed by atoms with Crippen molar-refractivity contribution in [1.29, 1.82) is 0 Å². The standard InChI is InChI=1S/C15H22I2NO2/c1-3-15(20-13(19)14(2,16)12-17-18-12)10-5-8-4-9(7-10)11(15)6-8/h8-12,18H,3-7H2,1-2H3/q-1. The molecule has 7 unspecified atom stereocenters. The van der Waals surface area contributed by atoms with Gasteiger partial charge in [-0.25, -0.2) is 0 Å². The van der Waals surface area contributed by atoms with E-state index in [2.05, 4.69) is 33.0 Å². The zero-order valence-corrected chi connectivity index (χ0v) is 16.3. The van der Waals surface area contributed by atoms with Gasteiger partial charge in [-0.15, -0.1) is 0 Å². The molecule has 5 aliphatic rings. The van der Waals surface area contributed by atoms with Crippen molar-refractivity contribution in [3.05, 3.63) is 0 Å². The van der Waals surface area contributed by atoms with Crippen molar-refractivity contribution in [2.45, 2.75) is 59.0 Å². The first kappa shape index (κ1) is 14.5. The molecule has 0 aromatic heterocycles. The second-order valence-electron chi connectivity index (χ2n) is 7.23. The molecule has 5 fully saturated rings. The van der Waals surface area contributed by atoms with Crippen LogP contribution >= 0.6 is 22.6 Å². The van der Waals surface area contributed by atoms with E-state index in [1.165, 1.54) is 25.7 Å². The molecule has 1 N–H and O–H groups in total. The fourth-order valence-corrected chi connectivity index (χ4v) is 8.54. The van der Waals surface area contributed by atoms with Crippen molar-refractivity contribution in [2.75, 3.05) is 0 Å². The topological polar surface area (TPSA) is 48.2 Å². The van der Waals surface area contributed by atoms with Gasteiger partial charge in [-0.05, 0) is 0 Å². The van der Waals surface area contributed by atoms with Gasteiger partial charge in [0.25, 0.3) is 0 Å².